The van der Waals surface area contributed by atoms with Gasteiger partial charge in [-0.05, 0) is 65.5 Å². The van der Waals surface area contributed by atoms with Gasteiger partial charge in [-0.15, -0.1) is 0 Å². The highest BCUT2D eigenvalue weighted by Crippen LogP contribution is 2.38. The molecule has 0 heterocycles. The van der Waals surface area contributed by atoms with Crippen LogP contribution in [-0.2, 0) is 0 Å². The number of carbonyl (C=O) groups is 1. The maximum Gasteiger partial charge on any atom is 0.150 e. The molecule has 2 atom stereocenters. The molecular formula is C28H26BrNO. The molecule has 0 saturated heterocycles. The average molecular weight is 472 g/mol. The average Bonchev–Trinajstić information content (AvgIpc) is 3.48. The topological polar surface area (TPSA) is 43.1 Å². The van der Waals surface area contributed by atoms with Crippen molar-refractivity contribution >= 4 is 49.4 Å². The van der Waals surface area contributed by atoms with E-state index in [0.29, 0.717) is 0 Å². The molecule has 2 nitrogen and oxygen atoms in total. The van der Waals surface area contributed by atoms with Crippen molar-refractivity contribution in [3.63, 3.8) is 0 Å². The highest BCUT2D eigenvalue weighted by Gasteiger charge is 2.25. The molecule has 3 heteroatoms. The summed E-state index contributed by atoms with van der Waals surface area (Å²) in [5.41, 5.74) is 7.62. The predicted octanol–water partition coefficient (Wildman–Crippen LogP) is 7.81. The Morgan fingerprint density at radius 2 is 1.42 bits per heavy atom. The Morgan fingerprint density at radius 1 is 0.774 bits per heavy atom. The fourth-order valence-electron chi connectivity index (χ4n) is 4.35. The van der Waals surface area contributed by atoms with Crippen molar-refractivity contribution in [2.45, 2.75) is 19.3 Å². The lowest BCUT2D eigenvalue weighted by Gasteiger charge is -2.07. The number of hydrogen-bond donors (Lipinski definition) is 1. The van der Waals surface area contributed by atoms with Gasteiger partial charge in [0.2, 0.25) is 0 Å². The van der Waals surface area contributed by atoms with E-state index in [-0.39, 0.29) is 0 Å². The molecule has 0 amide bonds. The van der Waals surface area contributed by atoms with Gasteiger partial charge in [-0.3, -0.25) is 4.79 Å². The standard InChI is InChI=1S/C14H10BrN.C7H6O.C7H10/c15-10-6-5-9-7-14(16)12-4-2-1-3-11(12)13(9)8-10;8-6-7-4-2-1-3-5-7;1-2-7-4-3-6(1)5-7/h1-8H,16H2;1-6H;1-2,6-7H,3-5H2. The Labute approximate surface area is 191 Å². The number of anilines is 1. The molecule has 31 heavy (non-hydrogen) atoms. The molecule has 4 aromatic carbocycles. The molecule has 2 N–H and O–H groups in total. The minimum Gasteiger partial charge on any atom is -0.398 e. The third kappa shape index (κ3) is 5.23. The summed E-state index contributed by atoms with van der Waals surface area (Å²) in [7, 11) is 0. The van der Waals surface area contributed by atoms with Crippen LogP contribution in [0.4, 0.5) is 5.69 Å². The fourth-order valence-corrected chi connectivity index (χ4v) is 4.71. The van der Waals surface area contributed by atoms with Crippen LogP contribution in [0, 0.1) is 11.8 Å². The maximum absolute atomic E-state index is 10.0. The highest BCUT2D eigenvalue weighted by atomic mass is 79.9. The van der Waals surface area contributed by atoms with Crippen LogP contribution < -0.4 is 5.73 Å². The van der Waals surface area contributed by atoms with Gasteiger partial charge in [0.25, 0.3) is 0 Å². The van der Waals surface area contributed by atoms with Crippen LogP contribution in [0.2, 0.25) is 0 Å². The first-order chi connectivity index (χ1) is 15.1. The number of nitrogens with two attached hydrogens (primary N) is 1. The largest absolute Gasteiger partial charge is 0.398 e. The van der Waals surface area contributed by atoms with Gasteiger partial charge in [0.1, 0.15) is 6.29 Å². The van der Waals surface area contributed by atoms with Gasteiger partial charge in [-0.1, -0.05) is 88.7 Å². The Hall–Kier alpha value is -2.91. The van der Waals surface area contributed by atoms with Crippen molar-refractivity contribution in [3.05, 3.63) is 101 Å². The van der Waals surface area contributed by atoms with Gasteiger partial charge in [-0.2, -0.15) is 0 Å². The smallest absolute Gasteiger partial charge is 0.150 e. The minimum absolute atomic E-state index is 0.729. The van der Waals surface area contributed by atoms with E-state index in [4.69, 9.17) is 5.73 Å². The van der Waals surface area contributed by atoms with Crippen molar-refractivity contribution in [3.8, 4) is 0 Å². The van der Waals surface area contributed by atoms with E-state index in [1.807, 2.05) is 42.5 Å². The number of hydrogen-bond acceptors (Lipinski definition) is 2. The molecule has 2 unspecified atom stereocenters. The van der Waals surface area contributed by atoms with E-state index in [9.17, 15) is 4.79 Å². The zero-order chi connectivity index (χ0) is 21.6. The van der Waals surface area contributed by atoms with Crippen molar-refractivity contribution in [1.82, 2.24) is 0 Å². The van der Waals surface area contributed by atoms with Gasteiger partial charge in [0.15, 0.2) is 0 Å². The lowest BCUT2D eigenvalue weighted by molar-refractivity contribution is 0.112. The quantitative estimate of drug-likeness (QED) is 0.133. The molecule has 0 aliphatic heterocycles. The zero-order valence-corrected chi connectivity index (χ0v) is 19.0. The number of nitrogen functional groups attached to an aromatic ring is 1. The monoisotopic (exact) mass is 471 g/mol. The second-order valence-electron chi connectivity index (χ2n) is 8.12. The molecule has 2 aliphatic rings. The Balaban J connectivity index is 0.000000128. The molecule has 0 radical (unpaired) electrons. The van der Waals surface area contributed by atoms with Crippen molar-refractivity contribution in [2.75, 3.05) is 5.73 Å². The SMILES string of the molecule is C1=CC2CCC1C2.Nc1cc2ccc(Br)cc2c2ccccc12.O=Cc1ccccc1. The summed E-state index contributed by atoms with van der Waals surface area (Å²) in [6, 6.07) is 25.6. The van der Waals surface area contributed by atoms with Gasteiger partial charge < -0.3 is 5.73 Å². The van der Waals surface area contributed by atoms with Crippen LogP contribution in [0.3, 0.4) is 0 Å². The van der Waals surface area contributed by atoms with Crippen molar-refractivity contribution in [2.24, 2.45) is 11.8 Å². The molecule has 0 spiro atoms. The lowest BCUT2D eigenvalue weighted by Crippen LogP contribution is -1.88. The second kappa shape index (κ2) is 9.93. The van der Waals surface area contributed by atoms with E-state index < -0.39 is 0 Å². The maximum atomic E-state index is 10.0. The number of rotatable bonds is 1. The Kier molecular flexibility index (Phi) is 6.83. The molecular weight excluding hydrogens is 446 g/mol. The molecule has 4 aromatic rings. The summed E-state index contributed by atoms with van der Waals surface area (Å²) in [4.78, 5) is 10.0. The Bertz CT molecular complexity index is 1200. The minimum atomic E-state index is 0.729. The molecule has 0 aromatic heterocycles. The van der Waals surface area contributed by atoms with Crippen LogP contribution in [0.15, 0.2) is 95.5 Å². The van der Waals surface area contributed by atoms with E-state index in [2.05, 4.69) is 52.3 Å². The first-order valence-corrected chi connectivity index (χ1v) is 11.5. The highest BCUT2D eigenvalue weighted by molar-refractivity contribution is 9.10. The number of halogens is 1. The summed E-state index contributed by atoms with van der Waals surface area (Å²) in [6.07, 6.45) is 10.0. The number of benzene rings is 4. The van der Waals surface area contributed by atoms with E-state index in [1.165, 1.54) is 35.4 Å². The molecule has 1 fully saturated rings. The number of fused-ring (bicyclic) bond motifs is 5. The summed E-state index contributed by atoms with van der Waals surface area (Å²) in [5, 5.41) is 4.74. The van der Waals surface area contributed by atoms with Gasteiger partial charge in [0, 0.05) is 21.1 Å². The van der Waals surface area contributed by atoms with E-state index >= 15 is 0 Å². The summed E-state index contributed by atoms with van der Waals surface area (Å²) >= 11 is 3.51. The second-order valence-corrected chi connectivity index (χ2v) is 9.04. The van der Waals surface area contributed by atoms with Crippen LogP contribution in [0.5, 0.6) is 0 Å². The first-order valence-electron chi connectivity index (χ1n) is 10.7. The fraction of sp³-hybridized carbons (Fsp3) is 0.179. The number of allylic oxidation sites excluding steroid dienone is 2. The summed E-state index contributed by atoms with van der Waals surface area (Å²) < 4.78 is 1.09. The van der Waals surface area contributed by atoms with E-state index in [0.717, 1.165) is 39.2 Å². The molecule has 2 bridgehead atoms. The molecule has 156 valence electrons. The molecule has 6 rings (SSSR count). The van der Waals surface area contributed by atoms with Crippen LogP contribution >= 0.6 is 15.9 Å². The number of carbonyl (C=O) groups excluding carboxylic acids is 1. The molecule has 2 aliphatic carbocycles. The normalized spacial score (nSPS) is 18.2. The summed E-state index contributed by atoms with van der Waals surface area (Å²) in [6.45, 7) is 0. The Morgan fingerprint density at radius 3 is 1.97 bits per heavy atom. The van der Waals surface area contributed by atoms with Gasteiger partial charge in [-0.25, -0.2) is 0 Å². The van der Waals surface area contributed by atoms with Gasteiger partial charge in [0.05, 0.1) is 0 Å². The van der Waals surface area contributed by atoms with Gasteiger partial charge >= 0.3 is 0 Å². The number of aldehydes is 1. The van der Waals surface area contributed by atoms with Crippen LogP contribution in [0.25, 0.3) is 21.5 Å². The summed E-state index contributed by atoms with van der Waals surface area (Å²) in [5.74, 6) is 1.98. The van der Waals surface area contributed by atoms with Crippen LogP contribution in [-0.4, -0.2) is 6.29 Å². The zero-order valence-electron chi connectivity index (χ0n) is 17.4. The third-order valence-corrected chi connectivity index (χ3v) is 6.45. The van der Waals surface area contributed by atoms with Crippen LogP contribution in [0.1, 0.15) is 29.6 Å². The molecule has 1 saturated carbocycles. The van der Waals surface area contributed by atoms with Crippen molar-refractivity contribution in [1.29, 1.82) is 0 Å². The van der Waals surface area contributed by atoms with E-state index in [1.54, 1.807) is 12.1 Å². The van der Waals surface area contributed by atoms with Crippen molar-refractivity contribution < 1.29 is 4.79 Å². The lowest BCUT2D eigenvalue weighted by atomic mass is 10.0. The first kappa shape index (κ1) is 21.3. The third-order valence-electron chi connectivity index (χ3n) is 5.96. The predicted molar refractivity (Wildman–Crippen MR) is 135 cm³/mol.